The number of nitrogens with zero attached hydrogens (tertiary/aromatic N) is 1. The summed E-state index contributed by atoms with van der Waals surface area (Å²) in [5, 5.41) is 7.67. The number of hydrogen-bond acceptors (Lipinski definition) is 5. The van der Waals surface area contributed by atoms with Crippen LogP contribution in [0.15, 0.2) is 10.7 Å². The summed E-state index contributed by atoms with van der Waals surface area (Å²) >= 11 is 0. The highest BCUT2D eigenvalue weighted by Gasteiger charge is 2.61. The predicted molar refractivity (Wildman–Crippen MR) is 97.6 cm³/mol. The van der Waals surface area contributed by atoms with Gasteiger partial charge >= 0.3 is 5.97 Å². The van der Waals surface area contributed by atoms with E-state index in [4.69, 9.17) is 9.26 Å². The fourth-order valence-electron chi connectivity index (χ4n) is 7.37. The number of esters is 1. The molecule has 0 unspecified atom stereocenters. The van der Waals surface area contributed by atoms with Crippen LogP contribution >= 0.6 is 0 Å². The highest BCUT2D eigenvalue weighted by molar-refractivity contribution is 5.66. The van der Waals surface area contributed by atoms with Gasteiger partial charge in [0.05, 0.1) is 6.20 Å². The summed E-state index contributed by atoms with van der Waals surface area (Å²) in [7, 11) is 0. The molecule has 1 aromatic rings. The van der Waals surface area contributed by atoms with E-state index in [1.165, 1.54) is 37.7 Å². The Hall–Kier alpha value is -1.52. The standard InChI is InChI=1S/C21H30N2O3/c1-12(24)25-18-7-5-15-14-4-6-17-21(3,16(14)8-9-20(15,18)2)10-13-11-22-26-19(13)23-17/h11,14-18,23H,4-10H2,1-3H3/t14-,15-,16-,17+,18-,20-,21+/m0/s1. The molecule has 5 nitrogen and oxygen atoms in total. The third-order valence-corrected chi connectivity index (χ3v) is 8.61. The Morgan fingerprint density at radius 3 is 2.81 bits per heavy atom. The van der Waals surface area contributed by atoms with E-state index in [1.807, 2.05) is 6.20 Å². The van der Waals surface area contributed by atoms with Gasteiger partial charge in [0, 0.05) is 23.9 Å². The molecule has 0 aromatic carbocycles. The smallest absolute Gasteiger partial charge is 0.302 e. The Labute approximate surface area is 155 Å². The first-order valence-corrected chi connectivity index (χ1v) is 10.3. The van der Waals surface area contributed by atoms with Crippen molar-refractivity contribution in [1.29, 1.82) is 0 Å². The Bertz CT molecular complexity index is 731. The third kappa shape index (κ3) is 2.15. The van der Waals surface area contributed by atoms with Gasteiger partial charge in [-0.15, -0.1) is 0 Å². The monoisotopic (exact) mass is 358 g/mol. The number of aromatic nitrogens is 1. The lowest BCUT2D eigenvalue weighted by atomic mass is 9.47. The van der Waals surface area contributed by atoms with Crippen LogP contribution < -0.4 is 5.32 Å². The second-order valence-electron chi connectivity index (χ2n) is 9.73. The number of hydrogen-bond donors (Lipinski definition) is 1. The summed E-state index contributed by atoms with van der Waals surface area (Å²) in [6.45, 7) is 6.43. The molecular weight excluding hydrogens is 328 g/mol. The Morgan fingerprint density at radius 1 is 1.19 bits per heavy atom. The molecular formula is C21H30N2O3. The SMILES string of the molecule is CC(=O)O[C@H]1CC[C@H]2[C@@H]3CC[C@H]4Nc5oncc5C[C@]4(C)[C@H]3CC[C@]12C. The maximum absolute atomic E-state index is 11.6. The van der Waals surface area contributed by atoms with Gasteiger partial charge in [0.2, 0.25) is 5.88 Å². The molecule has 142 valence electrons. The molecule has 0 radical (unpaired) electrons. The molecule has 0 bridgehead atoms. The summed E-state index contributed by atoms with van der Waals surface area (Å²) in [6.07, 6.45) is 10.2. The molecule has 3 aliphatic carbocycles. The minimum Gasteiger partial charge on any atom is -0.462 e. The maximum Gasteiger partial charge on any atom is 0.302 e. The number of nitrogens with one attached hydrogen (secondary N) is 1. The van der Waals surface area contributed by atoms with Gasteiger partial charge < -0.3 is 14.6 Å². The highest BCUT2D eigenvalue weighted by atomic mass is 16.5. The molecule has 0 spiro atoms. The fraction of sp³-hybridized carbons (Fsp3) is 0.810. The van der Waals surface area contributed by atoms with Crippen molar-refractivity contribution in [1.82, 2.24) is 5.16 Å². The van der Waals surface area contributed by atoms with Crippen LogP contribution in [-0.2, 0) is 16.0 Å². The van der Waals surface area contributed by atoms with Gasteiger partial charge in [-0.2, -0.15) is 0 Å². The van der Waals surface area contributed by atoms with Gasteiger partial charge in [-0.3, -0.25) is 4.79 Å². The van der Waals surface area contributed by atoms with Gasteiger partial charge in [0.25, 0.3) is 0 Å². The van der Waals surface area contributed by atoms with E-state index >= 15 is 0 Å². The van der Waals surface area contributed by atoms with Crippen molar-refractivity contribution >= 4 is 11.9 Å². The summed E-state index contributed by atoms with van der Waals surface area (Å²) < 4.78 is 11.2. The summed E-state index contributed by atoms with van der Waals surface area (Å²) in [5.74, 6) is 2.94. The molecule has 0 amide bonds. The fourth-order valence-corrected chi connectivity index (χ4v) is 7.37. The van der Waals surface area contributed by atoms with Crippen LogP contribution in [0.25, 0.3) is 0 Å². The van der Waals surface area contributed by atoms with Crippen LogP contribution in [0.2, 0.25) is 0 Å². The first kappa shape index (κ1) is 16.6. The van der Waals surface area contributed by atoms with Gasteiger partial charge in [-0.05, 0) is 68.1 Å². The second kappa shape index (κ2) is 5.49. The van der Waals surface area contributed by atoms with Crippen molar-refractivity contribution in [3.05, 3.63) is 11.8 Å². The van der Waals surface area contributed by atoms with E-state index in [2.05, 4.69) is 24.3 Å². The Balaban J connectivity index is 1.44. The number of ether oxygens (including phenoxy) is 1. The minimum atomic E-state index is -0.119. The zero-order valence-electron chi connectivity index (χ0n) is 16.1. The van der Waals surface area contributed by atoms with E-state index in [0.29, 0.717) is 12.0 Å². The van der Waals surface area contributed by atoms with Crippen molar-refractivity contribution in [2.45, 2.75) is 77.9 Å². The number of rotatable bonds is 1. The molecule has 5 rings (SSSR count). The lowest BCUT2D eigenvalue weighted by molar-refractivity contribution is -0.158. The molecule has 1 N–H and O–H groups in total. The van der Waals surface area contributed by atoms with Crippen molar-refractivity contribution in [3.63, 3.8) is 0 Å². The summed E-state index contributed by atoms with van der Waals surface area (Å²) in [4.78, 5) is 11.6. The largest absolute Gasteiger partial charge is 0.462 e. The number of carbonyl (C=O) groups excluding carboxylic acids is 1. The number of fused-ring (bicyclic) bond motifs is 6. The first-order chi connectivity index (χ1) is 12.4. The van der Waals surface area contributed by atoms with Crippen LogP contribution in [0.3, 0.4) is 0 Å². The van der Waals surface area contributed by atoms with Gasteiger partial charge in [0.15, 0.2) is 0 Å². The molecule has 7 atom stereocenters. The number of anilines is 1. The number of carbonyl (C=O) groups is 1. The Kier molecular flexibility index (Phi) is 3.51. The molecule has 26 heavy (non-hydrogen) atoms. The molecule has 2 heterocycles. The molecule has 0 saturated heterocycles. The van der Waals surface area contributed by atoms with Crippen LogP contribution in [0, 0.1) is 28.6 Å². The van der Waals surface area contributed by atoms with E-state index in [9.17, 15) is 4.79 Å². The normalized spacial score (nSPS) is 46.3. The first-order valence-electron chi connectivity index (χ1n) is 10.3. The molecule has 1 aromatic heterocycles. The second-order valence-corrected chi connectivity index (χ2v) is 9.73. The van der Waals surface area contributed by atoms with E-state index in [0.717, 1.165) is 30.6 Å². The van der Waals surface area contributed by atoms with Crippen molar-refractivity contribution < 1.29 is 14.1 Å². The molecule has 3 fully saturated rings. The van der Waals surface area contributed by atoms with E-state index in [1.54, 1.807) is 6.92 Å². The zero-order chi connectivity index (χ0) is 18.1. The van der Waals surface area contributed by atoms with Crippen LogP contribution in [0.4, 0.5) is 5.88 Å². The topological polar surface area (TPSA) is 64.4 Å². The van der Waals surface area contributed by atoms with E-state index < -0.39 is 0 Å². The van der Waals surface area contributed by atoms with Gasteiger partial charge in [-0.1, -0.05) is 19.0 Å². The van der Waals surface area contributed by atoms with Crippen molar-refractivity contribution in [2.75, 3.05) is 5.32 Å². The Morgan fingerprint density at radius 2 is 2.00 bits per heavy atom. The zero-order valence-corrected chi connectivity index (χ0v) is 16.1. The summed E-state index contributed by atoms with van der Waals surface area (Å²) in [5.41, 5.74) is 1.67. The van der Waals surface area contributed by atoms with E-state index in [-0.39, 0.29) is 22.9 Å². The molecule has 4 aliphatic rings. The minimum absolute atomic E-state index is 0.116. The highest BCUT2D eigenvalue weighted by Crippen LogP contribution is 2.64. The molecule has 3 saturated carbocycles. The average Bonchev–Trinajstić information content (AvgIpc) is 3.16. The van der Waals surface area contributed by atoms with Gasteiger partial charge in [0.1, 0.15) is 6.10 Å². The summed E-state index contributed by atoms with van der Waals surface area (Å²) in [6, 6.07) is 0.485. The van der Waals surface area contributed by atoms with Crippen LogP contribution in [0.1, 0.15) is 64.9 Å². The van der Waals surface area contributed by atoms with Crippen molar-refractivity contribution in [3.8, 4) is 0 Å². The molecule has 5 heteroatoms. The van der Waals surface area contributed by atoms with Crippen LogP contribution in [0.5, 0.6) is 0 Å². The third-order valence-electron chi connectivity index (χ3n) is 8.61. The van der Waals surface area contributed by atoms with Gasteiger partial charge in [-0.25, -0.2) is 0 Å². The quantitative estimate of drug-likeness (QED) is 0.763. The molecule has 1 aliphatic heterocycles. The van der Waals surface area contributed by atoms with Crippen LogP contribution in [-0.4, -0.2) is 23.3 Å². The lowest BCUT2D eigenvalue weighted by Gasteiger charge is -2.59. The average molecular weight is 358 g/mol. The maximum atomic E-state index is 11.6. The van der Waals surface area contributed by atoms with Crippen molar-refractivity contribution in [2.24, 2.45) is 28.6 Å². The lowest BCUT2D eigenvalue weighted by Crippen LogP contribution is -2.58. The predicted octanol–water partition coefficient (Wildman–Crippen LogP) is 4.19.